The maximum absolute atomic E-state index is 2.44. The largest absolute Gasteiger partial charge is 0.305 e. The first-order valence-corrected chi connectivity index (χ1v) is 10.9. The van der Waals surface area contributed by atoms with Gasteiger partial charge in [-0.3, -0.25) is 0 Å². The van der Waals surface area contributed by atoms with Crippen molar-refractivity contribution in [3.63, 3.8) is 0 Å². The Balaban J connectivity index is 1.95. The van der Waals surface area contributed by atoms with Crippen molar-refractivity contribution < 1.29 is 0 Å². The summed E-state index contributed by atoms with van der Waals surface area (Å²) in [6, 6.07) is 22.6. The average molecular weight is 399 g/mol. The molecule has 4 aromatic carbocycles. The molecule has 0 atom stereocenters. The summed E-state index contributed by atoms with van der Waals surface area (Å²) in [6.45, 7) is 1.90. The Hall–Kier alpha value is -2.46. The highest BCUT2D eigenvalue weighted by atomic mass is 32.1. The van der Waals surface area contributed by atoms with E-state index in [0.29, 0.717) is 0 Å². The van der Waals surface area contributed by atoms with Crippen LogP contribution in [0.3, 0.4) is 0 Å². The summed E-state index contributed by atoms with van der Waals surface area (Å²) >= 11 is 1.94. The van der Waals surface area contributed by atoms with Gasteiger partial charge in [0.05, 0.1) is 0 Å². The van der Waals surface area contributed by atoms with Crippen LogP contribution in [-0.2, 0) is 13.1 Å². The Morgan fingerprint density at radius 2 is 1.14 bits per heavy atom. The highest BCUT2D eigenvalue weighted by molar-refractivity contribution is 7.26. The Bertz CT molecular complexity index is 1360. The van der Waals surface area contributed by atoms with Crippen LogP contribution in [0.15, 0.2) is 60.7 Å². The minimum Gasteiger partial charge on any atom is -0.305 e. The summed E-state index contributed by atoms with van der Waals surface area (Å²) in [5, 5.41) is 8.30. The lowest BCUT2D eigenvalue weighted by atomic mass is 9.96. The maximum atomic E-state index is 2.44. The summed E-state index contributed by atoms with van der Waals surface area (Å²) in [6.07, 6.45) is 0. The Kier molecular flexibility index (Phi) is 4.54. The van der Waals surface area contributed by atoms with Crippen LogP contribution in [0.5, 0.6) is 0 Å². The van der Waals surface area contributed by atoms with Gasteiger partial charge in [-0.25, -0.2) is 0 Å². The van der Waals surface area contributed by atoms with E-state index in [0.717, 1.165) is 13.1 Å². The van der Waals surface area contributed by atoms with Crippen LogP contribution in [0.1, 0.15) is 11.1 Å². The molecule has 5 aromatic rings. The number of benzene rings is 4. The number of nitrogens with zero attached hydrogens (tertiary/aromatic N) is 2. The lowest BCUT2D eigenvalue weighted by Gasteiger charge is -2.14. The number of hydrogen-bond acceptors (Lipinski definition) is 3. The molecule has 0 fully saturated rings. The van der Waals surface area contributed by atoms with E-state index in [1.54, 1.807) is 0 Å². The first-order valence-electron chi connectivity index (χ1n) is 10.1. The standard InChI is InChI=1S/C26H26N2S/c1-27(2)15-17-13-23-25-21-11-7-5-9-19(21)18(16-28(3)4)14-24(25)29-26(23)22-12-8-6-10-20(17)22/h5-14H,15-16H2,1-4H3. The first kappa shape index (κ1) is 18.6. The predicted octanol–water partition coefficient (Wildman–Crippen LogP) is 6.48. The zero-order valence-electron chi connectivity index (χ0n) is 17.5. The molecule has 0 aliphatic heterocycles. The first-order chi connectivity index (χ1) is 14.0. The van der Waals surface area contributed by atoms with E-state index >= 15 is 0 Å². The lowest BCUT2D eigenvalue weighted by molar-refractivity contribution is 0.404. The molecule has 3 heteroatoms. The summed E-state index contributed by atoms with van der Waals surface area (Å²) in [5.74, 6) is 0. The van der Waals surface area contributed by atoms with Crippen molar-refractivity contribution in [3.05, 3.63) is 71.8 Å². The molecule has 1 heterocycles. The van der Waals surface area contributed by atoms with Crippen molar-refractivity contribution in [3.8, 4) is 0 Å². The van der Waals surface area contributed by atoms with Crippen molar-refractivity contribution in [2.24, 2.45) is 0 Å². The average Bonchev–Trinajstić information content (AvgIpc) is 3.06. The fourth-order valence-electron chi connectivity index (χ4n) is 4.55. The van der Waals surface area contributed by atoms with Gasteiger partial charge in [-0.15, -0.1) is 11.3 Å². The molecule has 0 spiro atoms. The molecule has 0 amide bonds. The zero-order valence-corrected chi connectivity index (χ0v) is 18.3. The van der Waals surface area contributed by atoms with Crippen LogP contribution in [0.2, 0.25) is 0 Å². The Morgan fingerprint density at radius 1 is 0.621 bits per heavy atom. The predicted molar refractivity (Wildman–Crippen MR) is 129 cm³/mol. The second kappa shape index (κ2) is 7.10. The van der Waals surface area contributed by atoms with E-state index in [9.17, 15) is 0 Å². The molecule has 0 bridgehead atoms. The molecule has 0 aliphatic carbocycles. The number of rotatable bonds is 4. The fraction of sp³-hybridized carbons (Fsp3) is 0.231. The second-order valence-electron chi connectivity index (χ2n) is 8.49. The van der Waals surface area contributed by atoms with Crippen LogP contribution in [0, 0.1) is 0 Å². The molecule has 0 aliphatic rings. The monoisotopic (exact) mass is 398 g/mol. The van der Waals surface area contributed by atoms with Gasteiger partial charge < -0.3 is 9.80 Å². The van der Waals surface area contributed by atoms with Gasteiger partial charge in [-0.1, -0.05) is 48.5 Å². The van der Waals surface area contributed by atoms with Crippen molar-refractivity contribution in [2.45, 2.75) is 13.1 Å². The van der Waals surface area contributed by atoms with Gasteiger partial charge in [0.2, 0.25) is 0 Å². The summed E-state index contributed by atoms with van der Waals surface area (Å²) in [5.41, 5.74) is 2.81. The summed E-state index contributed by atoms with van der Waals surface area (Å²) in [7, 11) is 8.58. The second-order valence-corrected chi connectivity index (χ2v) is 9.54. The third kappa shape index (κ3) is 3.10. The number of fused-ring (bicyclic) bond motifs is 7. The molecule has 0 unspecified atom stereocenters. The van der Waals surface area contributed by atoms with Crippen molar-refractivity contribution in [2.75, 3.05) is 28.2 Å². The van der Waals surface area contributed by atoms with E-state index in [4.69, 9.17) is 0 Å². The summed E-state index contributed by atoms with van der Waals surface area (Å²) in [4.78, 5) is 4.51. The van der Waals surface area contributed by atoms with E-state index in [1.807, 2.05) is 11.3 Å². The molecule has 0 saturated heterocycles. The Morgan fingerprint density at radius 3 is 1.76 bits per heavy atom. The quantitative estimate of drug-likeness (QED) is 0.342. The zero-order chi connectivity index (χ0) is 20.1. The lowest BCUT2D eigenvalue weighted by Crippen LogP contribution is -2.11. The van der Waals surface area contributed by atoms with Gasteiger partial charge in [0.1, 0.15) is 0 Å². The van der Waals surface area contributed by atoms with E-state index < -0.39 is 0 Å². The van der Waals surface area contributed by atoms with Crippen LogP contribution < -0.4 is 0 Å². The topological polar surface area (TPSA) is 6.48 Å². The van der Waals surface area contributed by atoms with Crippen molar-refractivity contribution in [1.82, 2.24) is 9.80 Å². The highest BCUT2D eigenvalue weighted by Crippen LogP contribution is 2.44. The van der Waals surface area contributed by atoms with E-state index in [1.165, 1.54) is 52.8 Å². The minimum absolute atomic E-state index is 0.949. The van der Waals surface area contributed by atoms with Gasteiger partial charge in [0.25, 0.3) is 0 Å². The molecule has 5 rings (SSSR count). The molecule has 0 radical (unpaired) electrons. The highest BCUT2D eigenvalue weighted by Gasteiger charge is 2.16. The van der Waals surface area contributed by atoms with Gasteiger partial charge >= 0.3 is 0 Å². The van der Waals surface area contributed by atoms with Gasteiger partial charge in [0.15, 0.2) is 0 Å². The van der Waals surface area contributed by atoms with Gasteiger partial charge in [-0.2, -0.15) is 0 Å². The fourth-order valence-corrected chi connectivity index (χ4v) is 5.85. The van der Waals surface area contributed by atoms with Gasteiger partial charge in [-0.05, 0) is 73.0 Å². The molecule has 0 saturated carbocycles. The molecular formula is C26H26N2S. The molecule has 0 N–H and O–H groups in total. The third-order valence-corrected chi connectivity index (χ3v) is 6.82. The van der Waals surface area contributed by atoms with Crippen molar-refractivity contribution in [1.29, 1.82) is 0 Å². The van der Waals surface area contributed by atoms with E-state index in [-0.39, 0.29) is 0 Å². The Labute approximate surface area is 176 Å². The summed E-state index contributed by atoms with van der Waals surface area (Å²) < 4.78 is 2.80. The van der Waals surface area contributed by atoms with Crippen LogP contribution in [0.4, 0.5) is 0 Å². The molecule has 146 valence electrons. The third-order valence-electron chi connectivity index (χ3n) is 5.63. The van der Waals surface area contributed by atoms with E-state index in [2.05, 4.69) is 98.7 Å². The molecule has 2 nitrogen and oxygen atoms in total. The van der Waals surface area contributed by atoms with Crippen LogP contribution in [-0.4, -0.2) is 38.0 Å². The van der Waals surface area contributed by atoms with Crippen LogP contribution in [0.25, 0.3) is 41.7 Å². The van der Waals surface area contributed by atoms with Crippen LogP contribution >= 0.6 is 11.3 Å². The normalized spacial score (nSPS) is 12.3. The smallest absolute Gasteiger partial charge is 0.0434 e. The maximum Gasteiger partial charge on any atom is 0.0434 e. The molecule has 29 heavy (non-hydrogen) atoms. The SMILES string of the molecule is CN(C)Cc1cc2c(sc3cc(CN(C)C)c4ccccc4c32)c2ccccc12. The number of thiophene rings is 1. The van der Waals surface area contributed by atoms with Crippen molar-refractivity contribution >= 4 is 53.1 Å². The minimum atomic E-state index is 0.949. The molecular weight excluding hydrogens is 372 g/mol. The molecule has 1 aromatic heterocycles. The van der Waals surface area contributed by atoms with Gasteiger partial charge in [0, 0.05) is 33.3 Å². The number of hydrogen-bond donors (Lipinski definition) is 0.